The van der Waals surface area contributed by atoms with Gasteiger partial charge < -0.3 is 5.11 Å². The van der Waals surface area contributed by atoms with E-state index in [9.17, 15) is 0 Å². The third kappa shape index (κ3) is 2.81. The van der Waals surface area contributed by atoms with Gasteiger partial charge in [-0.15, -0.1) is 0 Å². The minimum absolute atomic E-state index is 0.0903. The molecule has 0 heterocycles. The zero-order valence-electron chi connectivity index (χ0n) is 9.01. The summed E-state index contributed by atoms with van der Waals surface area (Å²) in [5, 5.41) is 9.02. The molecule has 80 valence electrons. The standard InChI is InChI=1S/C15H14O/c16-12-15-8-4-7-14(11-15)10-9-13-5-2-1-3-6-13/h1-11,16H,12H2. The second kappa shape index (κ2) is 5.29. The molecule has 1 N–H and O–H groups in total. The smallest absolute Gasteiger partial charge is 0.0682 e. The monoisotopic (exact) mass is 210 g/mol. The average Bonchev–Trinajstić information content (AvgIpc) is 2.38. The summed E-state index contributed by atoms with van der Waals surface area (Å²) >= 11 is 0. The lowest BCUT2D eigenvalue weighted by Gasteiger charge is -1.98. The molecular weight excluding hydrogens is 196 g/mol. The Kier molecular flexibility index (Phi) is 3.52. The Hall–Kier alpha value is -1.86. The van der Waals surface area contributed by atoms with E-state index in [2.05, 4.69) is 24.3 Å². The molecule has 0 aliphatic rings. The molecule has 0 amide bonds. The third-order valence-corrected chi connectivity index (χ3v) is 2.40. The molecule has 16 heavy (non-hydrogen) atoms. The first-order valence-electron chi connectivity index (χ1n) is 5.31. The summed E-state index contributed by atoms with van der Waals surface area (Å²) in [5.74, 6) is 0. The van der Waals surface area contributed by atoms with Gasteiger partial charge in [0.2, 0.25) is 0 Å². The molecule has 2 rings (SSSR count). The molecule has 0 bridgehead atoms. The molecule has 0 atom stereocenters. The van der Waals surface area contributed by atoms with E-state index in [0.29, 0.717) is 0 Å². The fourth-order valence-corrected chi connectivity index (χ4v) is 1.55. The van der Waals surface area contributed by atoms with Crippen molar-refractivity contribution in [3.63, 3.8) is 0 Å². The van der Waals surface area contributed by atoms with Crippen molar-refractivity contribution in [2.24, 2.45) is 0 Å². The molecule has 0 fully saturated rings. The number of benzene rings is 2. The van der Waals surface area contributed by atoms with Crippen molar-refractivity contribution in [1.82, 2.24) is 0 Å². The van der Waals surface area contributed by atoms with Crippen LogP contribution in [-0.4, -0.2) is 5.11 Å². The fourth-order valence-electron chi connectivity index (χ4n) is 1.55. The normalized spacial score (nSPS) is 10.8. The minimum atomic E-state index is 0.0903. The molecule has 0 saturated heterocycles. The molecule has 0 spiro atoms. The molecule has 1 heteroatoms. The van der Waals surface area contributed by atoms with Crippen LogP contribution in [-0.2, 0) is 6.61 Å². The number of aliphatic hydroxyl groups is 1. The Bertz CT molecular complexity index is 472. The molecule has 0 aliphatic carbocycles. The molecule has 1 nitrogen and oxygen atoms in total. The predicted octanol–water partition coefficient (Wildman–Crippen LogP) is 3.35. The Morgan fingerprint density at radius 2 is 1.50 bits per heavy atom. The highest BCUT2D eigenvalue weighted by molar-refractivity contribution is 5.69. The van der Waals surface area contributed by atoms with Gasteiger partial charge in [0.05, 0.1) is 6.61 Å². The van der Waals surface area contributed by atoms with Crippen molar-refractivity contribution < 1.29 is 5.11 Å². The lowest BCUT2D eigenvalue weighted by molar-refractivity contribution is 0.282. The van der Waals surface area contributed by atoms with E-state index in [4.69, 9.17) is 5.11 Å². The molecular formula is C15H14O. The van der Waals surface area contributed by atoms with E-state index in [1.807, 2.05) is 42.5 Å². The number of hydrogen-bond donors (Lipinski definition) is 1. The zero-order chi connectivity index (χ0) is 11.2. The van der Waals surface area contributed by atoms with E-state index in [1.54, 1.807) is 0 Å². The SMILES string of the molecule is OCc1cccc(C=Cc2ccccc2)c1. The molecule has 0 saturated carbocycles. The summed E-state index contributed by atoms with van der Waals surface area (Å²) in [6.45, 7) is 0.0903. The van der Waals surface area contributed by atoms with Crippen molar-refractivity contribution >= 4 is 12.2 Å². The summed E-state index contributed by atoms with van der Waals surface area (Å²) in [5.41, 5.74) is 3.22. The predicted molar refractivity (Wildman–Crippen MR) is 67.7 cm³/mol. The van der Waals surface area contributed by atoms with Crippen LogP contribution in [0.3, 0.4) is 0 Å². The van der Waals surface area contributed by atoms with Crippen molar-refractivity contribution in [3.8, 4) is 0 Å². The van der Waals surface area contributed by atoms with Gasteiger partial charge in [0, 0.05) is 0 Å². The molecule has 0 radical (unpaired) electrons. The second-order valence-electron chi connectivity index (χ2n) is 3.65. The number of aliphatic hydroxyl groups excluding tert-OH is 1. The maximum Gasteiger partial charge on any atom is 0.0682 e. The molecule has 0 aliphatic heterocycles. The van der Waals surface area contributed by atoms with Crippen molar-refractivity contribution in [2.75, 3.05) is 0 Å². The average molecular weight is 210 g/mol. The largest absolute Gasteiger partial charge is 0.392 e. The van der Waals surface area contributed by atoms with E-state index < -0.39 is 0 Å². The van der Waals surface area contributed by atoms with Crippen LogP contribution in [0.2, 0.25) is 0 Å². The van der Waals surface area contributed by atoms with E-state index in [0.717, 1.165) is 11.1 Å². The molecule has 0 aromatic heterocycles. The topological polar surface area (TPSA) is 20.2 Å². The van der Waals surface area contributed by atoms with Gasteiger partial charge in [0.15, 0.2) is 0 Å². The van der Waals surface area contributed by atoms with Gasteiger partial charge in [-0.05, 0) is 22.8 Å². The Morgan fingerprint density at radius 3 is 2.25 bits per heavy atom. The molecule has 0 unspecified atom stereocenters. The highest BCUT2D eigenvalue weighted by Gasteiger charge is 1.91. The Balaban J connectivity index is 2.17. The van der Waals surface area contributed by atoms with Gasteiger partial charge in [-0.25, -0.2) is 0 Å². The highest BCUT2D eigenvalue weighted by atomic mass is 16.3. The summed E-state index contributed by atoms with van der Waals surface area (Å²) in [6, 6.07) is 18.0. The molecule has 2 aromatic rings. The Labute approximate surface area is 95.7 Å². The van der Waals surface area contributed by atoms with E-state index in [-0.39, 0.29) is 6.61 Å². The summed E-state index contributed by atoms with van der Waals surface area (Å²) in [7, 11) is 0. The van der Waals surface area contributed by atoms with Crippen LogP contribution < -0.4 is 0 Å². The van der Waals surface area contributed by atoms with Gasteiger partial charge >= 0.3 is 0 Å². The Morgan fingerprint density at radius 1 is 0.812 bits per heavy atom. The van der Waals surface area contributed by atoms with Crippen molar-refractivity contribution in [3.05, 3.63) is 71.3 Å². The van der Waals surface area contributed by atoms with Crippen LogP contribution in [0.4, 0.5) is 0 Å². The third-order valence-electron chi connectivity index (χ3n) is 2.40. The van der Waals surface area contributed by atoms with Crippen molar-refractivity contribution in [1.29, 1.82) is 0 Å². The lowest BCUT2D eigenvalue weighted by Crippen LogP contribution is -1.82. The highest BCUT2D eigenvalue weighted by Crippen LogP contribution is 2.10. The first kappa shape index (κ1) is 10.7. The van der Waals surface area contributed by atoms with Gasteiger partial charge in [-0.1, -0.05) is 60.7 Å². The lowest BCUT2D eigenvalue weighted by atomic mass is 10.1. The summed E-state index contributed by atoms with van der Waals surface area (Å²) in [6.07, 6.45) is 4.12. The fraction of sp³-hybridized carbons (Fsp3) is 0.0667. The summed E-state index contributed by atoms with van der Waals surface area (Å²) in [4.78, 5) is 0. The number of hydrogen-bond acceptors (Lipinski definition) is 1. The first-order valence-corrected chi connectivity index (χ1v) is 5.31. The maximum absolute atomic E-state index is 9.02. The van der Waals surface area contributed by atoms with Gasteiger partial charge in [-0.2, -0.15) is 0 Å². The molecule has 2 aromatic carbocycles. The van der Waals surface area contributed by atoms with Crippen LogP contribution in [0.15, 0.2) is 54.6 Å². The quantitative estimate of drug-likeness (QED) is 0.770. The van der Waals surface area contributed by atoms with Gasteiger partial charge in [0.25, 0.3) is 0 Å². The number of rotatable bonds is 3. The van der Waals surface area contributed by atoms with Crippen LogP contribution in [0.5, 0.6) is 0 Å². The first-order chi connectivity index (χ1) is 7.88. The van der Waals surface area contributed by atoms with Gasteiger partial charge in [0.1, 0.15) is 0 Å². The minimum Gasteiger partial charge on any atom is -0.392 e. The zero-order valence-corrected chi connectivity index (χ0v) is 9.01. The van der Waals surface area contributed by atoms with Crippen LogP contribution in [0, 0.1) is 0 Å². The summed E-state index contributed by atoms with van der Waals surface area (Å²) < 4.78 is 0. The van der Waals surface area contributed by atoms with Crippen molar-refractivity contribution in [2.45, 2.75) is 6.61 Å². The van der Waals surface area contributed by atoms with Gasteiger partial charge in [-0.3, -0.25) is 0 Å². The second-order valence-corrected chi connectivity index (χ2v) is 3.65. The van der Waals surface area contributed by atoms with E-state index in [1.165, 1.54) is 5.56 Å². The maximum atomic E-state index is 9.02. The van der Waals surface area contributed by atoms with Crippen LogP contribution in [0.25, 0.3) is 12.2 Å². The van der Waals surface area contributed by atoms with Crippen LogP contribution >= 0.6 is 0 Å². The van der Waals surface area contributed by atoms with E-state index >= 15 is 0 Å². The van der Waals surface area contributed by atoms with Crippen LogP contribution in [0.1, 0.15) is 16.7 Å².